The lowest BCUT2D eigenvalue weighted by molar-refractivity contribution is 0.207. The molecular formula is C10H12ClN3OS. The van der Waals surface area contributed by atoms with Gasteiger partial charge in [0, 0.05) is 17.6 Å². The highest BCUT2D eigenvalue weighted by atomic mass is 35.5. The maximum absolute atomic E-state index is 10.2. The van der Waals surface area contributed by atoms with Gasteiger partial charge in [-0.1, -0.05) is 11.6 Å². The number of thiazole rings is 1. The van der Waals surface area contributed by atoms with Gasteiger partial charge in [-0.3, -0.25) is 4.68 Å². The molecular weight excluding hydrogens is 246 g/mol. The summed E-state index contributed by atoms with van der Waals surface area (Å²) in [6.45, 7) is 4.52. The molecule has 6 heteroatoms. The summed E-state index contributed by atoms with van der Waals surface area (Å²) >= 11 is 7.43. The molecule has 1 unspecified atom stereocenters. The standard InChI is InChI=1S/C10H12ClN3OS/c1-3-14-8(7(11)4-12-14)9(15)10-13-6(2)5-16-10/h4-5,9,15H,3H2,1-2H3. The lowest BCUT2D eigenvalue weighted by atomic mass is 10.2. The Hall–Kier alpha value is -0.910. The summed E-state index contributed by atoms with van der Waals surface area (Å²) in [5.74, 6) is 0. The summed E-state index contributed by atoms with van der Waals surface area (Å²) < 4.78 is 1.68. The summed E-state index contributed by atoms with van der Waals surface area (Å²) in [5, 5.41) is 17.3. The average Bonchev–Trinajstić information content (AvgIpc) is 2.83. The first kappa shape index (κ1) is 11.6. The average molecular weight is 258 g/mol. The van der Waals surface area contributed by atoms with Gasteiger partial charge in [0.15, 0.2) is 0 Å². The number of aliphatic hydroxyl groups excluding tert-OH is 1. The van der Waals surface area contributed by atoms with Crippen LogP contribution in [0.15, 0.2) is 11.6 Å². The number of hydrogen-bond acceptors (Lipinski definition) is 4. The van der Waals surface area contributed by atoms with Gasteiger partial charge in [0.2, 0.25) is 0 Å². The monoisotopic (exact) mass is 257 g/mol. The molecule has 0 saturated heterocycles. The second kappa shape index (κ2) is 4.53. The fraction of sp³-hybridized carbons (Fsp3) is 0.400. The van der Waals surface area contributed by atoms with Crippen LogP contribution in [0.3, 0.4) is 0 Å². The van der Waals surface area contributed by atoms with E-state index in [1.165, 1.54) is 11.3 Å². The highest BCUT2D eigenvalue weighted by molar-refractivity contribution is 7.09. The largest absolute Gasteiger partial charge is 0.379 e. The van der Waals surface area contributed by atoms with E-state index >= 15 is 0 Å². The van der Waals surface area contributed by atoms with E-state index in [2.05, 4.69) is 10.1 Å². The third-order valence-electron chi connectivity index (χ3n) is 2.26. The molecule has 86 valence electrons. The van der Waals surface area contributed by atoms with Crippen molar-refractivity contribution in [3.8, 4) is 0 Å². The van der Waals surface area contributed by atoms with Crippen molar-refractivity contribution in [1.29, 1.82) is 0 Å². The summed E-state index contributed by atoms with van der Waals surface area (Å²) in [7, 11) is 0. The number of aliphatic hydroxyl groups is 1. The first-order valence-electron chi connectivity index (χ1n) is 4.94. The third kappa shape index (κ3) is 1.98. The lowest BCUT2D eigenvalue weighted by Crippen LogP contribution is -2.09. The predicted octanol–water partition coefficient (Wildman–Crippen LogP) is 2.40. The summed E-state index contributed by atoms with van der Waals surface area (Å²) in [5.41, 5.74) is 1.51. The zero-order valence-corrected chi connectivity index (χ0v) is 10.6. The van der Waals surface area contributed by atoms with E-state index in [9.17, 15) is 5.11 Å². The highest BCUT2D eigenvalue weighted by Crippen LogP contribution is 2.29. The van der Waals surface area contributed by atoms with Gasteiger partial charge in [0.25, 0.3) is 0 Å². The number of halogens is 1. The Morgan fingerprint density at radius 2 is 2.38 bits per heavy atom. The molecule has 0 aliphatic heterocycles. The van der Waals surface area contributed by atoms with Gasteiger partial charge in [-0.25, -0.2) is 4.98 Å². The number of aryl methyl sites for hydroxylation is 2. The van der Waals surface area contributed by atoms with Crippen molar-refractivity contribution in [2.45, 2.75) is 26.5 Å². The van der Waals surface area contributed by atoms with E-state index in [1.54, 1.807) is 10.9 Å². The van der Waals surface area contributed by atoms with Crippen LogP contribution in [0.4, 0.5) is 0 Å². The van der Waals surface area contributed by atoms with Crippen LogP contribution in [0, 0.1) is 6.92 Å². The highest BCUT2D eigenvalue weighted by Gasteiger charge is 2.21. The van der Waals surface area contributed by atoms with Gasteiger partial charge < -0.3 is 5.11 Å². The second-order valence-electron chi connectivity index (χ2n) is 3.42. The SMILES string of the molecule is CCn1ncc(Cl)c1C(O)c1nc(C)cs1. The van der Waals surface area contributed by atoms with Gasteiger partial charge in [-0.05, 0) is 13.8 Å². The minimum atomic E-state index is -0.798. The fourth-order valence-electron chi connectivity index (χ4n) is 1.51. The Morgan fingerprint density at radius 3 is 2.94 bits per heavy atom. The molecule has 0 aromatic carbocycles. The molecule has 0 fully saturated rings. The van der Waals surface area contributed by atoms with Crippen LogP contribution < -0.4 is 0 Å². The van der Waals surface area contributed by atoms with Gasteiger partial charge in [-0.2, -0.15) is 5.10 Å². The summed E-state index contributed by atoms with van der Waals surface area (Å²) in [4.78, 5) is 4.25. The van der Waals surface area contributed by atoms with Crippen LogP contribution in [0.1, 0.15) is 29.4 Å². The molecule has 0 amide bonds. The molecule has 4 nitrogen and oxygen atoms in total. The second-order valence-corrected chi connectivity index (χ2v) is 4.72. The Bertz CT molecular complexity index is 494. The molecule has 0 aliphatic rings. The van der Waals surface area contributed by atoms with Crippen molar-refractivity contribution in [3.05, 3.63) is 33.0 Å². The topological polar surface area (TPSA) is 50.9 Å². The van der Waals surface area contributed by atoms with Gasteiger partial charge >= 0.3 is 0 Å². The van der Waals surface area contributed by atoms with Crippen LogP contribution in [0.25, 0.3) is 0 Å². The Kier molecular flexibility index (Phi) is 3.28. The van der Waals surface area contributed by atoms with Crippen LogP contribution in [-0.2, 0) is 6.54 Å². The van der Waals surface area contributed by atoms with Crippen molar-refractivity contribution in [2.75, 3.05) is 0 Å². The molecule has 0 aliphatic carbocycles. The van der Waals surface area contributed by atoms with Crippen molar-refractivity contribution in [1.82, 2.24) is 14.8 Å². The molecule has 0 bridgehead atoms. The van der Waals surface area contributed by atoms with E-state index in [0.29, 0.717) is 22.3 Å². The van der Waals surface area contributed by atoms with Gasteiger partial charge in [0.05, 0.1) is 16.9 Å². The predicted molar refractivity (Wildman–Crippen MR) is 63.8 cm³/mol. The zero-order chi connectivity index (χ0) is 11.7. The zero-order valence-electron chi connectivity index (χ0n) is 9.01. The normalized spacial score (nSPS) is 13.0. The molecule has 1 atom stereocenters. The molecule has 0 spiro atoms. The number of aromatic nitrogens is 3. The van der Waals surface area contributed by atoms with Crippen LogP contribution >= 0.6 is 22.9 Å². The van der Waals surface area contributed by atoms with E-state index < -0.39 is 6.10 Å². The number of rotatable bonds is 3. The molecule has 2 rings (SSSR count). The maximum atomic E-state index is 10.2. The number of hydrogen-bond donors (Lipinski definition) is 1. The van der Waals surface area contributed by atoms with Gasteiger partial charge in [0.1, 0.15) is 11.1 Å². The van der Waals surface area contributed by atoms with Gasteiger partial charge in [-0.15, -0.1) is 11.3 Å². The smallest absolute Gasteiger partial charge is 0.148 e. The molecule has 2 aromatic heterocycles. The van der Waals surface area contributed by atoms with E-state index in [4.69, 9.17) is 11.6 Å². The van der Waals surface area contributed by atoms with E-state index in [-0.39, 0.29) is 0 Å². The quantitative estimate of drug-likeness (QED) is 0.919. The fourth-order valence-corrected chi connectivity index (χ4v) is 2.54. The lowest BCUT2D eigenvalue weighted by Gasteiger charge is -2.10. The van der Waals surface area contributed by atoms with E-state index in [0.717, 1.165) is 5.69 Å². The van der Waals surface area contributed by atoms with Crippen molar-refractivity contribution < 1.29 is 5.11 Å². The van der Waals surface area contributed by atoms with Crippen molar-refractivity contribution in [2.24, 2.45) is 0 Å². The Balaban J connectivity index is 2.40. The summed E-state index contributed by atoms with van der Waals surface area (Å²) in [6.07, 6.45) is 0.748. The maximum Gasteiger partial charge on any atom is 0.148 e. The molecule has 1 N–H and O–H groups in total. The molecule has 0 radical (unpaired) electrons. The first-order valence-corrected chi connectivity index (χ1v) is 6.20. The van der Waals surface area contributed by atoms with Crippen LogP contribution in [0.5, 0.6) is 0 Å². The summed E-state index contributed by atoms with van der Waals surface area (Å²) in [6, 6.07) is 0. The van der Waals surface area contributed by atoms with Crippen LogP contribution in [-0.4, -0.2) is 19.9 Å². The minimum absolute atomic E-state index is 0.474. The van der Waals surface area contributed by atoms with E-state index in [1.807, 2.05) is 19.2 Å². The van der Waals surface area contributed by atoms with Crippen molar-refractivity contribution in [3.63, 3.8) is 0 Å². The molecule has 16 heavy (non-hydrogen) atoms. The Morgan fingerprint density at radius 1 is 1.62 bits per heavy atom. The first-order chi connectivity index (χ1) is 7.63. The minimum Gasteiger partial charge on any atom is -0.379 e. The Labute approximate surface area is 103 Å². The molecule has 2 heterocycles. The molecule has 2 aromatic rings. The van der Waals surface area contributed by atoms with Crippen molar-refractivity contribution >= 4 is 22.9 Å². The van der Waals surface area contributed by atoms with Crippen LogP contribution in [0.2, 0.25) is 5.02 Å². The number of nitrogens with zero attached hydrogens (tertiary/aromatic N) is 3. The molecule has 0 saturated carbocycles. The third-order valence-corrected chi connectivity index (χ3v) is 3.57.